The van der Waals surface area contributed by atoms with Crippen LogP contribution in [0.3, 0.4) is 0 Å². The Balaban J connectivity index is 0.000000143. The largest absolute Gasteiger partial charge is 0.113 e. The second-order valence-electron chi connectivity index (χ2n) is 33.2. The highest BCUT2D eigenvalue weighted by Gasteiger charge is 2.40. The third kappa shape index (κ3) is 11.8. The summed E-state index contributed by atoms with van der Waals surface area (Å²) < 4.78 is 0. The molecule has 2 aliphatic heterocycles. The summed E-state index contributed by atoms with van der Waals surface area (Å²) in [6.07, 6.45) is 0. The molecule has 2 heteroatoms. The molecule has 0 saturated carbocycles. The van der Waals surface area contributed by atoms with Crippen molar-refractivity contribution in [3.8, 4) is 134 Å². The lowest BCUT2D eigenvalue weighted by molar-refractivity contribution is 1.60. The summed E-state index contributed by atoms with van der Waals surface area (Å²) in [5.41, 5.74) is 30.5. The summed E-state index contributed by atoms with van der Waals surface area (Å²) in [7, 11) is -3.98. The van der Waals surface area contributed by atoms with Crippen molar-refractivity contribution in [1.29, 1.82) is 0 Å². The summed E-state index contributed by atoms with van der Waals surface area (Å²) in [6.45, 7) is 10.1. The van der Waals surface area contributed by atoms with Gasteiger partial charge in [0.2, 0.25) is 0 Å². The number of fused-ring (bicyclic) bond motifs is 14. The average molecular weight is 1530 g/mol. The lowest BCUT2D eigenvalue weighted by Crippen LogP contribution is -2.49. The number of rotatable bonds is 10. The van der Waals surface area contributed by atoms with Gasteiger partial charge in [-0.15, -0.1) is 0 Å². The molecule has 21 aromatic carbocycles. The molecule has 0 unspecified atom stereocenters. The molecule has 0 nitrogen and oxygen atoms in total. The van der Waals surface area contributed by atoms with Crippen molar-refractivity contribution in [2.45, 2.75) is 26.2 Å². The Bertz CT molecular complexity index is 7570. The van der Waals surface area contributed by atoms with Crippen LogP contribution in [-0.2, 0) is 0 Å². The Hall–Kier alpha value is -14.1. The zero-order chi connectivity index (χ0) is 78.7. The molecule has 2 aliphatic rings. The van der Waals surface area contributed by atoms with Gasteiger partial charge in [0.05, 0.1) is 0 Å². The van der Waals surface area contributed by atoms with E-state index in [0.717, 1.165) is 0 Å². The number of hydrogen-bond acceptors (Lipinski definition) is 0. The van der Waals surface area contributed by atoms with Crippen LogP contribution in [0.4, 0.5) is 0 Å². The van der Waals surface area contributed by atoms with E-state index in [2.05, 4.69) is 451 Å². The molecule has 0 spiro atoms. The lowest BCUT2D eigenvalue weighted by atomic mass is 9.83. The summed E-state index contributed by atoms with van der Waals surface area (Å²) in [4.78, 5) is 0. The van der Waals surface area contributed by atoms with E-state index in [1.54, 1.807) is 0 Å². The molecule has 0 radical (unpaired) electrons. The molecule has 0 atom stereocenters. The van der Waals surface area contributed by atoms with Gasteiger partial charge in [-0.1, -0.05) is 421 Å². The zero-order valence-corrected chi connectivity index (χ0v) is 68.4. The first-order valence-electron chi connectivity index (χ1n) is 41.4. The minimum atomic E-state index is -2.00. The molecule has 554 valence electrons. The average Bonchev–Trinajstić information content (AvgIpc) is 1.47. The van der Waals surface area contributed by atoms with Crippen LogP contribution >= 0.6 is 0 Å². The third-order valence-corrected chi connectivity index (χ3v) is 33.0. The van der Waals surface area contributed by atoms with E-state index < -0.39 is 16.1 Å². The minimum Gasteiger partial charge on any atom is -0.0623 e. The molecule has 23 rings (SSSR count). The van der Waals surface area contributed by atoms with Gasteiger partial charge in [-0.25, -0.2) is 0 Å². The second-order valence-corrected chi connectivity index (χ2v) is 41.9. The molecule has 0 aliphatic carbocycles. The van der Waals surface area contributed by atoms with E-state index in [0.29, 0.717) is 0 Å². The zero-order valence-electron chi connectivity index (χ0n) is 66.4. The summed E-state index contributed by atoms with van der Waals surface area (Å²) in [5, 5.41) is 24.0. The van der Waals surface area contributed by atoms with Gasteiger partial charge in [-0.3, -0.25) is 0 Å². The van der Waals surface area contributed by atoms with Crippen molar-refractivity contribution in [3.05, 3.63) is 425 Å². The molecule has 0 amide bonds. The Labute approximate surface area is 691 Å². The smallest absolute Gasteiger partial charge is 0.0623 e. The maximum atomic E-state index is 2.61. The van der Waals surface area contributed by atoms with Crippen LogP contribution in [0.1, 0.15) is 0 Å². The van der Waals surface area contributed by atoms with Gasteiger partial charge in [0.15, 0.2) is 0 Å². The van der Waals surface area contributed by atoms with Crippen LogP contribution in [0.25, 0.3) is 209 Å². The van der Waals surface area contributed by atoms with Gasteiger partial charge in [-0.2, -0.15) is 0 Å². The second kappa shape index (κ2) is 28.4. The molecule has 118 heavy (non-hydrogen) atoms. The van der Waals surface area contributed by atoms with Crippen LogP contribution in [0.15, 0.2) is 425 Å². The van der Waals surface area contributed by atoms with Gasteiger partial charge < -0.3 is 0 Å². The Morgan fingerprint density at radius 3 is 0.831 bits per heavy atom. The fraction of sp³-hybridized carbons (Fsp3) is 0.0345. The van der Waals surface area contributed by atoms with E-state index >= 15 is 0 Å². The van der Waals surface area contributed by atoms with Gasteiger partial charge in [0, 0.05) is 0 Å². The monoisotopic (exact) mass is 1530 g/mol. The predicted molar refractivity (Wildman–Crippen MR) is 514 cm³/mol. The highest BCUT2D eigenvalue weighted by molar-refractivity contribution is 7.04. The summed E-state index contributed by atoms with van der Waals surface area (Å²) in [6, 6.07) is 159. The molecule has 0 fully saturated rings. The molecular weight excluding hydrogens is 1450 g/mol. The van der Waals surface area contributed by atoms with Crippen molar-refractivity contribution < 1.29 is 0 Å². The quantitative estimate of drug-likeness (QED) is 0.0727. The standard InChI is InChI=1S/C60H42Si.C56H40Si/c1-61(2)57-24-14-13-23-50(57)53-37-55-56(38-58(53)61)60(44-31-27-42(28-32-44)40-17-7-4-8-18-40)54-36-46(52-35-45-19-9-10-20-47(45)48-21-11-12-22-49(48)52)33-34-51(54)59(55)43-29-25-41(26-30-43)39-15-5-3-6-16-39;1-57(2)53-23-12-11-21-47(53)49-35-51-52(36-54(49)57)56(43-30-26-40(27-31-43)38-16-7-4-8-17-38)50-34-44(46-22-13-19-41-18-9-10-20-45(41)46)32-33-48(50)55(51)42-28-24-39(25-29-42)37-14-5-3-6-15-37/h3-38H,1-2H3;3-36H,1-2H3. The van der Waals surface area contributed by atoms with Crippen molar-refractivity contribution in [2.24, 2.45) is 0 Å². The van der Waals surface area contributed by atoms with Crippen molar-refractivity contribution in [3.63, 3.8) is 0 Å². The van der Waals surface area contributed by atoms with E-state index in [1.165, 1.54) is 230 Å². The van der Waals surface area contributed by atoms with E-state index in [9.17, 15) is 0 Å². The molecule has 0 N–H and O–H groups in total. The van der Waals surface area contributed by atoms with Gasteiger partial charge >= 0.3 is 0 Å². The van der Waals surface area contributed by atoms with Crippen LogP contribution in [0.5, 0.6) is 0 Å². The maximum Gasteiger partial charge on any atom is 0.113 e. The van der Waals surface area contributed by atoms with Crippen LogP contribution in [-0.4, -0.2) is 16.1 Å². The fourth-order valence-electron chi connectivity index (χ4n) is 20.0. The Kier molecular flexibility index (Phi) is 17.0. The van der Waals surface area contributed by atoms with Crippen LogP contribution < -0.4 is 20.7 Å². The van der Waals surface area contributed by atoms with E-state index in [1.807, 2.05) is 0 Å². The molecule has 21 aromatic rings. The minimum absolute atomic E-state index is 1.22. The topological polar surface area (TPSA) is 0 Å². The van der Waals surface area contributed by atoms with E-state index in [4.69, 9.17) is 0 Å². The highest BCUT2D eigenvalue weighted by Crippen LogP contribution is 2.51. The highest BCUT2D eigenvalue weighted by atomic mass is 28.3. The van der Waals surface area contributed by atoms with E-state index in [-0.39, 0.29) is 0 Å². The van der Waals surface area contributed by atoms with Crippen molar-refractivity contribution in [1.82, 2.24) is 0 Å². The Morgan fingerprint density at radius 2 is 0.407 bits per heavy atom. The molecular formula is C116H82Si2. The first-order chi connectivity index (χ1) is 58.0. The first-order valence-corrected chi connectivity index (χ1v) is 47.4. The van der Waals surface area contributed by atoms with Gasteiger partial charge in [0.25, 0.3) is 0 Å². The lowest BCUT2D eigenvalue weighted by Gasteiger charge is -2.23. The van der Waals surface area contributed by atoms with Gasteiger partial charge in [-0.05, 0) is 260 Å². The fourth-order valence-corrected chi connectivity index (χ4v) is 26.2. The number of hydrogen-bond donors (Lipinski definition) is 0. The van der Waals surface area contributed by atoms with Crippen molar-refractivity contribution >= 4 is 112 Å². The molecule has 2 heterocycles. The normalized spacial score (nSPS) is 12.9. The first kappa shape index (κ1) is 70.5. The number of benzene rings is 21. The predicted octanol–water partition coefficient (Wildman–Crippen LogP) is 29.7. The Morgan fingerprint density at radius 1 is 0.127 bits per heavy atom. The maximum absolute atomic E-state index is 2.61. The van der Waals surface area contributed by atoms with Crippen LogP contribution in [0, 0.1) is 0 Å². The summed E-state index contributed by atoms with van der Waals surface area (Å²) in [5.74, 6) is 0. The van der Waals surface area contributed by atoms with Crippen LogP contribution in [0.2, 0.25) is 26.2 Å². The van der Waals surface area contributed by atoms with Gasteiger partial charge in [0.1, 0.15) is 16.1 Å². The third-order valence-electron chi connectivity index (χ3n) is 25.9. The molecule has 0 saturated heterocycles. The molecule has 0 aromatic heterocycles. The SMILES string of the molecule is C[Si]1(C)c2ccccc2-c2cc3c(-c4ccc(-c5ccccc5)cc4)c4ccc(-c5cc6ccccc6c6ccccc56)cc4c(-c4ccc(-c5ccccc5)cc4)c3cc21.C[Si]1(C)c2ccccc2-c2cc3c(-c4ccc(-c5ccccc5)cc4)c4ccc(-c5cccc6ccccc56)cc4c(-c4ccc(-c5ccccc5)cc4)c3cc21. The molecule has 0 bridgehead atoms. The summed E-state index contributed by atoms with van der Waals surface area (Å²) >= 11 is 0. The van der Waals surface area contributed by atoms with Crippen molar-refractivity contribution in [2.75, 3.05) is 0 Å².